The standard InChI is InChI=1S/C5H6ClNO2/c1-5(4(6)8)2-7-9-3-5/h2H,3H2,1H3. The number of hydrogen-bond acceptors (Lipinski definition) is 3. The van der Waals surface area contributed by atoms with E-state index in [9.17, 15) is 4.79 Å². The lowest BCUT2D eigenvalue weighted by molar-refractivity contribution is -0.117. The summed E-state index contributed by atoms with van der Waals surface area (Å²) in [7, 11) is 0. The number of carbonyl (C=O) groups is 1. The molecule has 50 valence electrons. The Bertz CT molecular complexity index is 168. The van der Waals surface area contributed by atoms with Crippen molar-refractivity contribution in [1.29, 1.82) is 0 Å². The van der Waals surface area contributed by atoms with Crippen molar-refractivity contribution in [3.8, 4) is 0 Å². The van der Waals surface area contributed by atoms with Crippen molar-refractivity contribution in [2.75, 3.05) is 6.61 Å². The number of carbonyl (C=O) groups excluding carboxylic acids is 1. The lowest BCUT2D eigenvalue weighted by atomic mass is 9.97. The molecule has 1 rings (SSSR count). The van der Waals surface area contributed by atoms with E-state index in [2.05, 4.69) is 9.99 Å². The highest BCUT2D eigenvalue weighted by atomic mass is 35.5. The van der Waals surface area contributed by atoms with Gasteiger partial charge in [0.2, 0.25) is 5.24 Å². The third-order valence-corrected chi connectivity index (χ3v) is 1.66. The number of hydrogen-bond donors (Lipinski definition) is 0. The van der Waals surface area contributed by atoms with Crippen LogP contribution in [0, 0.1) is 5.41 Å². The highest BCUT2D eigenvalue weighted by molar-refractivity contribution is 6.66. The highest BCUT2D eigenvalue weighted by Gasteiger charge is 2.34. The predicted molar refractivity (Wildman–Crippen MR) is 33.4 cm³/mol. The Labute approximate surface area is 57.6 Å². The molecule has 1 aliphatic rings. The Kier molecular flexibility index (Phi) is 1.45. The van der Waals surface area contributed by atoms with Crippen molar-refractivity contribution in [3.05, 3.63) is 0 Å². The maximum Gasteiger partial charge on any atom is 0.236 e. The Morgan fingerprint density at radius 1 is 2.00 bits per heavy atom. The summed E-state index contributed by atoms with van der Waals surface area (Å²) in [5, 5.41) is 3.00. The van der Waals surface area contributed by atoms with Gasteiger partial charge in [-0.25, -0.2) is 0 Å². The molecular formula is C5H6ClNO2. The molecule has 3 nitrogen and oxygen atoms in total. The Morgan fingerprint density at radius 2 is 2.67 bits per heavy atom. The minimum absolute atomic E-state index is 0.259. The van der Waals surface area contributed by atoms with Gasteiger partial charge in [0.1, 0.15) is 12.0 Å². The molecule has 9 heavy (non-hydrogen) atoms. The van der Waals surface area contributed by atoms with Crippen molar-refractivity contribution in [2.24, 2.45) is 10.6 Å². The van der Waals surface area contributed by atoms with Gasteiger partial charge in [0.05, 0.1) is 6.21 Å². The zero-order chi connectivity index (χ0) is 6.91. The van der Waals surface area contributed by atoms with Crippen LogP contribution in [0.5, 0.6) is 0 Å². The van der Waals surface area contributed by atoms with Gasteiger partial charge in [-0.3, -0.25) is 4.79 Å². The molecule has 0 amide bonds. The summed E-state index contributed by atoms with van der Waals surface area (Å²) < 4.78 is 0. The van der Waals surface area contributed by atoms with E-state index in [0.717, 1.165) is 0 Å². The molecule has 0 bridgehead atoms. The van der Waals surface area contributed by atoms with Crippen LogP contribution in [0.15, 0.2) is 5.16 Å². The highest BCUT2D eigenvalue weighted by Crippen LogP contribution is 2.21. The number of rotatable bonds is 1. The number of nitrogens with zero attached hydrogens (tertiary/aromatic N) is 1. The van der Waals surface area contributed by atoms with E-state index in [1.54, 1.807) is 6.92 Å². The molecular weight excluding hydrogens is 142 g/mol. The number of oxime groups is 1. The molecule has 1 aliphatic heterocycles. The van der Waals surface area contributed by atoms with Crippen molar-refractivity contribution >= 4 is 23.1 Å². The van der Waals surface area contributed by atoms with Gasteiger partial charge in [-0.15, -0.1) is 0 Å². The SMILES string of the molecule is CC1(C(=O)Cl)C=NOC1. The minimum Gasteiger partial charge on any atom is -0.395 e. The molecule has 1 atom stereocenters. The summed E-state index contributed by atoms with van der Waals surface area (Å²) in [4.78, 5) is 15.1. The van der Waals surface area contributed by atoms with Crippen molar-refractivity contribution in [1.82, 2.24) is 0 Å². The maximum atomic E-state index is 10.6. The molecule has 0 aromatic carbocycles. The molecule has 0 saturated heterocycles. The van der Waals surface area contributed by atoms with E-state index in [1.165, 1.54) is 6.21 Å². The van der Waals surface area contributed by atoms with Crippen LogP contribution in [0.1, 0.15) is 6.92 Å². The maximum absolute atomic E-state index is 10.6. The summed E-state index contributed by atoms with van der Waals surface area (Å²) in [6.07, 6.45) is 1.42. The summed E-state index contributed by atoms with van der Waals surface area (Å²) in [5.41, 5.74) is -0.693. The van der Waals surface area contributed by atoms with E-state index in [0.29, 0.717) is 0 Å². The van der Waals surface area contributed by atoms with Gasteiger partial charge >= 0.3 is 0 Å². The minimum atomic E-state index is -0.693. The van der Waals surface area contributed by atoms with Crippen LogP contribution in [0.4, 0.5) is 0 Å². The zero-order valence-corrected chi connectivity index (χ0v) is 5.68. The van der Waals surface area contributed by atoms with Gasteiger partial charge in [-0.2, -0.15) is 0 Å². The van der Waals surface area contributed by atoms with Crippen LogP contribution >= 0.6 is 11.6 Å². The van der Waals surface area contributed by atoms with Crippen LogP contribution < -0.4 is 0 Å². The first-order valence-corrected chi connectivity index (χ1v) is 2.89. The number of halogens is 1. The third-order valence-electron chi connectivity index (χ3n) is 1.23. The van der Waals surface area contributed by atoms with Crippen LogP contribution in [-0.4, -0.2) is 18.1 Å². The molecule has 0 fully saturated rings. The summed E-state index contributed by atoms with van der Waals surface area (Å²) in [5.74, 6) is 0. The lowest BCUT2D eigenvalue weighted by Crippen LogP contribution is -2.26. The topological polar surface area (TPSA) is 38.7 Å². The molecule has 0 saturated carbocycles. The quantitative estimate of drug-likeness (QED) is 0.514. The lowest BCUT2D eigenvalue weighted by Gasteiger charge is -2.09. The third kappa shape index (κ3) is 1.05. The first kappa shape index (κ1) is 6.55. The second-order valence-corrected chi connectivity index (χ2v) is 2.54. The van der Waals surface area contributed by atoms with Crippen molar-refractivity contribution in [3.63, 3.8) is 0 Å². The average molecular weight is 148 g/mol. The molecule has 1 unspecified atom stereocenters. The van der Waals surface area contributed by atoms with Gasteiger partial charge in [-0.1, -0.05) is 5.16 Å². The molecule has 0 aromatic heterocycles. The summed E-state index contributed by atoms with van der Waals surface area (Å²) >= 11 is 5.22. The van der Waals surface area contributed by atoms with Crippen molar-refractivity contribution in [2.45, 2.75) is 6.92 Å². The second-order valence-electron chi connectivity index (χ2n) is 2.20. The molecule has 1 heterocycles. The first-order chi connectivity index (χ1) is 4.15. The van der Waals surface area contributed by atoms with Gasteiger partial charge in [-0.05, 0) is 18.5 Å². The van der Waals surface area contributed by atoms with Gasteiger partial charge < -0.3 is 4.84 Å². The van der Waals surface area contributed by atoms with E-state index in [1.807, 2.05) is 0 Å². The molecule has 4 heteroatoms. The van der Waals surface area contributed by atoms with Crippen LogP contribution in [0.25, 0.3) is 0 Å². The Hall–Kier alpha value is -0.570. The van der Waals surface area contributed by atoms with Gasteiger partial charge in [0.25, 0.3) is 0 Å². The molecule has 0 aliphatic carbocycles. The Morgan fingerprint density at radius 3 is 2.89 bits per heavy atom. The molecule has 0 aromatic rings. The summed E-state index contributed by atoms with van der Waals surface area (Å²) in [6, 6.07) is 0. The normalized spacial score (nSPS) is 32.2. The monoisotopic (exact) mass is 147 g/mol. The predicted octanol–water partition coefficient (Wildman–Crippen LogP) is 0.774. The smallest absolute Gasteiger partial charge is 0.236 e. The van der Waals surface area contributed by atoms with Gasteiger partial charge in [0, 0.05) is 0 Å². The second kappa shape index (κ2) is 1.99. The fourth-order valence-corrected chi connectivity index (χ4v) is 0.573. The molecule has 0 N–H and O–H groups in total. The van der Waals surface area contributed by atoms with Crippen LogP contribution in [-0.2, 0) is 9.63 Å². The van der Waals surface area contributed by atoms with E-state index >= 15 is 0 Å². The van der Waals surface area contributed by atoms with Gasteiger partial charge in [0.15, 0.2) is 0 Å². The molecule has 0 radical (unpaired) electrons. The average Bonchev–Trinajstić information content (AvgIpc) is 2.16. The van der Waals surface area contributed by atoms with Crippen LogP contribution in [0.2, 0.25) is 0 Å². The summed E-state index contributed by atoms with van der Waals surface area (Å²) in [6.45, 7) is 1.94. The first-order valence-electron chi connectivity index (χ1n) is 2.51. The van der Waals surface area contributed by atoms with E-state index in [-0.39, 0.29) is 6.61 Å². The van der Waals surface area contributed by atoms with Crippen molar-refractivity contribution < 1.29 is 9.63 Å². The Balaban J connectivity index is 2.74. The fourth-order valence-electron chi connectivity index (χ4n) is 0.470. The largest absolute Gasteiger partial charge is 0.395 e. The fraction of sp³-hybridized carbons (Fsp3) is 0.600. The van der Waals surface area contributed by atoms with E-state index < -0.39 is 10.7 Å². The zero-order valence-electron chi connectivity index (χ0n) is 4.93. The molecule has 0 spiro atoms. The van der Waals surface area contributed by atoms with E-state index in [4.69, 9.17) is 11.6 Å². The van der Waals surface area contributed by atoms with Crippen LogP contribution in [0.3, 0.4) is 0 Å².